The summed E-state index contributed by atoms with van der Waals surface area (Å²) in [6.07, 6.45) is 5.25. The van der Waals surface area contributed by atoms with Gasteiger partial charge >= 0.3 is 0 Å². The fraction of sp³-hybridized carbons (Fsp3) is 0.667. The SMILES string of the molecule is CC(C)Oc1cccc(C(O)C2CCOC3(CCC3)C2)c1. The van der Waals surface area contributed by atoms with Gasteiger partial charge in [0.1, 0.15) is 5.75 Å². The van der Waals surface area contributed by atoms with E-state index in [1.165, 1.54) is 6.42 Å². The van der Waals surface area contributed by atoms with Crippen molar-refractivity contribution in [1.29, 1.82) is 0 Å². The van der Waals surface area contributed by atoms with Gasteiger partial charge in [-0.1, -0.05) is 12.1 Å². The van der Waals surface area contributed by atoms with Gasteiger partial charge in [0.05, 0.1) is 17.8 Å². The van der Waals surface area contributed by atoms with E-state index in [1.54, 1.807) is 0 Å². The van der Waals surface area contributed by atoms with Crippen LogP contribution in [-0.2, 0) is 4.74 Å². The third-order valence-corrected chi connectivity index (χ3v) is 4.81. The molecule has 0 aromatic heterocycles. The van der Waals surface area contributed by atoms with E-state index in [2.05, 4.69) is 0 Å². The molecule has 2 unspecified atom stereocenters. The highest BCUT2D eigenvalue weighted by Crippen LogP contribution is 2.47. The Hall–Kier alpha value is -1.06. The zero-order chi connectivity index (χ0) is 14.9. The van der Waals surface area contributed by atoms with Crippen LogP contribution in [0.2, 0.25) is 0 Å². The van der Waals surface area contributed by atoms with Crippen molar-refractivity contribution in [3.8, 4) is 5.75 Å². The average molecular weight is 290 g/mol. The van der Waals surface area contributed by atoms with Crippen molar-refractivity contribution >= 4 is 0 Å². The molecule has 1 N–H and O–H groups in total. The molecule has 0 radical (unpaired) electrons. The minimum Gasteiger partial charge on any atom is -0.491 e. The van der Waals surface area contributed by atoms with E-state index >= 15 is 0 Å². The van der Waals surface area contributed by atoms with Gasteiger partial charge in [0.2, 0.25) is 0 Å². The minimum absolute atomic E-state index is 0.0793. The van der Waals surface area contributed by atoms with Gasteiger partial charge in [-0.25, -0.2) is 0 Å². The Labute approximate surface area is 127 Å². The summed E-state index contributed by atoms with van der Waals surface area (Å²) in [6.45, 7) is 4.81. The van der Waals surface area contributed by atoms with E-state index in [4.69, 9.17) is 9.47 Å². The quantitative estimate of drug-likeness (QED) is 0.915. The fourth-order valence-corrected chi connectivity index (χ4v) is 3.57. The normalized spacial score (nSPS) is 25.6. The van der Waals surface area contributed by atoms with Crippen molar-refractivity contribution in [3.05, 3.63) is 29.8 Å². The van der Waals surface area contributed by atoms with Crippen molar-refractivity contribution in [2.24, 2.45) is 5.92 Å². The second-order valence-corrected chi connectivity index (χ2v) is 6.82. The zero-order valence-corrected chi connectivity index (χ0v) is 13.0. The van der Waals surface area contributed by atoms with Gasteiger partial charge in [0.15, 0.2) is 0 Å². The number of hydrogen-bond acceptors (Lipinski definition) is 3. The van der Waals surface area contributed by atoms with E-state index < -0.39 is 6.10 Å². The summed E-state index contributed by atoms with van der Waals surface area (Å²) in [7, 11) is 0. The first-order chi connectivity index (χ1) is 10.1. The second-order valence-electron chi connectivity index (χ2n) is 6.82. The van der Waals surface area contributed by atoms with Gasteiger partial charge in [0, 0.05) is 6.61 Å². The lowest BCUT2D eigenvalue weighted by Crippen LogP contribution is -2.46. The molecule has 1 heterocycles. The predicted molar refractivity (Wildman–Crippen MR) is 82.4 cm³/mol. The Balaban J connectivity index is 1.70. The van der Waals surface area contributed by atoms with Gasteiger partial charge in [0.25, 0.3) is 0 Å². The largest absolute Gasteiger partial charge is 0.491 e. The van der Waals surface area contributed by atoms with Crippen LogP contribution in [0.5, 0.6) is 5.75 Å². The van der Waals surface area contributed by atoms with E-state index in [9.17, 15) is 5.11 Å². The van der Waals surface area contributed by atoms with E-state index in [0.29, 0.717) is 5.92 Å². The standard InChI is InChI=1S/C18H26O3/c1-13(2)21-16-6-3-5-14(11-16)17(19)15-7-10-20-18(12-15)8-4-9-18/h3,5-6,11,13,15,17,19H,4,7-10,12H2,1-2H3. The molecule has 1 aliphatic heterocycles. The maximum atomic E-state index is 10.7. The Kier molecular flexibility index (Phi) is 4.23. The number of hydrogen-bond donors (Lipinski definition) is 1. The van der Waals surface area contributed by atoms with Gasteiger partial charge in [-0.3, -0.25) is 0 Å². The van der Waals surface area contributed by atoms with Crippen LogP contribution >= 0.6 is 0 Å². The van der Waals surface area contributed by atoms with Gasteiger partial charge in [-0.05, 0) is 69.6 Å². The fourth-order valence-electron chi connectivity index (χ4n) is 3.57. The molecule has 3 heteroatoms. The van der Waals surface area contributed by atoms with E-state index in [1.807, 2.05) is 38.1 Å². The molecule has 0 amide bonds. The summed E-state index contributed by atoms with van der Waals surface area (Å²) >= 11 is 0. The van der Waals surface area contributed by atoms with Gasteiger partial charge in [-0.15, -0.1) is 0 Å². The molecule has 1 aliphatic carbocycles. The van der Waals surface area contributed by atoms with Gasteiger partial charge in [-0.2, -0.15) is 0 Å². The number of ether oxygens (including phenoxy) is 2. The highest BCUT2D eigenvalue weighted by atomic mass is 16.5. The Morgan fingerprint density at radius 3 is 2.81 bits per heavy atom. The monoisotopic (exact) mass is 290 g/mol. The Bertz CT molecular complexity index is 479. The molecule has 2 fully saturated rings. The summed E-state index contributed by atoms with van der Waals surface area (Å²) in [6, 6.07) is 7.90. The Morgan fingerprint density at radius 1 is 1.33 bits per heavy atom. The summed E-state index contributed by atoms with van der Waals surface area (Å²) in [5.74, 6) is 1.14. The molecule has 2 atom stereocenters. The van der Waals surface area contributed by atoms with Crippen LogP contribution in [-0.4, -0.2) is 23.4 Å². The molecule has 116 valence electrons. The molecule has 2 aliphatic rings. The van der Waals surface area contributed by atoms with E-state index in [-0.39, 0.29) is 11.7 Å². The van der Waals surface area contributed by atoms with Crippen LogP contribution in [0.3, 0.4) is 0 Å². The number of aliphatic hydroxyl groups excluding tert-OH is 1. The molecule has 0 bridgehead atoms. The smallest absolute Gasteiger partial charge is 0.120 e. The Morgan fingerprint density at radius 2 is 2.14 bits per heavy atom. The minimum atomic E-state index is -0.415. The first-order valence-electron chi connectivity index (χ1n) is 8.17. The highest BCUT2D eigenvalue weighted by Gasteiger charge is 2.44. The summed E-state index contributed by atoms with van der Waals surface area (Å²) < 4.78 is 11.7. The third-order valence-electron chi connectivity index (χ3n) is 4.81. The predicted octanol–water partition coefficient (Wildman–Crippen LogP) is 3.86. The maximum Gasteiger partial charge on any atom is 0.120 e. The maximum absolute atomic E-state index is 10.7. The number of aliphatic hydroxyl groups is 1. The van der Waals surface area contributed by atoms with Crippen molar-refractivity contribution < 1.29 is 14.6 Å². The van der Waals surface area contributed by atoms with Crippen LogP contribution in [0.15, 0.2) is 24.3 Å². The summed E-state index contributed by atoms with van der Waals surface area (Å²) in [5.41, 5.74) is 1.05. The lowest BCUT2D eigenvalue weighted by Gasteiger charge is -2.48. The molecule has 1 saturated heterocycles. The average Bonchev–Trinajstić information content (AvgIpc) is 2.44. The number of rotatable bonds is 4. The van der Waals surface area contributed by atoms with E-state index in [0.717, 1.165) is 43.6 Å². The van der Waals surface area contributed by atoms with Crippen molar-refractivity contribution in [3.63, 3.8) is 0 Å². The molecular formula is C18H26O3. The van der Waals surface area contributed by atoms with Crippen LogP contribution in [0, 0.1) is 5.92 Å². The van der Waals surface area contributed by atoms with Crippen LogP contribution in [0.4, 0.5) is 0 Å². The van der Waals surface area contributed by atoms with Crippen LogP contribution < -0.4 is 4.74 Å². The first kappa shape index (κ1) is 14.9. The topological polar surface area (TPSA) is 38.7 Å². The lowest BCUT2D eigenvalue weighted by molar-refractivity contribution is -0.157. The molecule has 1 aromatic carbocycles. The van der Waals surface area contributed by atoms with Crippen LogP contribution in [0.1, 0.15) is 57.6 Å². The zero-order valence-electron chi connectivity index (χ0n) is 13.0. The highest BCUT2D eigenvalue weighted by molar-refractivity contribution is 5.30. The summed E-state index contributed by atoms with van der Waals surface area (Å²) in [4.78, 5) is 0. The molecule has 1 saturated carbocycles. The van der Waals surface area contributed by atoms with Crippen LogP contribution in [0.25, 0.3) is 0 Å². The summed E-state index contributed by atoms with van der Waals surface area (Å²) in [5, 5.41) is 10.7. The number of benzene rings is 1. The first-order valence-corrected chi connectivity index (χ1v) is 8.17. The molecule has 3 rings (SSSR count). The third kappa shape index (κ3) is 3.24. The molecule has 1 aromatic rings. The molecule has 1 spiro atoms. The van der Waals surface area contributed by atoms with Crippen molar-refractivity contribution in [2.45, 2.75) is 63.8 Å². The lowest BCUT2D eigenvalue weighted by atomic mass is 9.70. The molecular weight excluding hydrogens is 264 g/mol. The van der Waals surface area contributed by atoms with Crippen molar-refractivity contribution in [1.82, 2.24) is 0 Å². The molecule has 21 heavy (non-hydrogen) atoms. The second kappa shape index (κ2) is 5.98. The van der Waals surface area contributed by atoms with Crippen molar-refractivity contribution in [2.75, 3.05) is 6.61 Å². The van der Waals surface area contributed by atoms with Gasteiger partial charge < -0.3 is 14.6 Å². The molecule has 3 nitrogen and oxygen atoms in total.